The highest BCUT2D eigenvalue weighted by atomic mass is 32.1. The number of aromatic hydroxyl groups is 1. The van der Waals surface area contributed by atoms with Crippen molar-refractivity contribution in [3.05, 3.63) is 64.7 Å². The molecule has 27 heavy (non-hydrogen) atoms. The lowest BCUT2D eigenvalue weighted by Gasteiger charge is -2.13. The molecule has 1 heterocycles. The van der Waals surface area contributed by atoms with Crippen LogP contribution in [0.3, 0.4) is 0 Å². The number of thiazole rings is 1. The predicted molar refractivity (Wildman–Crippen MR) is 113 cm³/mol. The maximum absolute atomic E-state index is 10.4. The summed E-state index contributed by atoms with van der Waals surface area (Å²) in [6, 6.07) is 16.6. The molecule has 0 aliphatic heterocycles. The summed E-state index contributed by atoms with van der Waals surface area (Å²) in [6.45, 7) is 6.64. The minimum atomic E-state index is 0.107. The zero-order valence-corrected chi connectivity index (χ0v) is 17.2. The zero-order chi connectivity index (χ0) is 19.4. The Morgan fingerprint density at radius 1 is 1.04 bits per heavy atom. The molecule has 1 unspecified atom stereocenters. The SMILES string of the molecule is CCC(c1ccc(CC(C)C)cc1)c1nc(O)c(-c2ccc(OC)cc2)s1. The van der Waals surface area contributed by atoms with E-state index in [-0.39, 0.29) is 11.8 Å². The van der Waals surface area contributed by atoms with Gasteiger partial charge in [0.05, 0.1) is 12.0 Å². The molecule has 0 spiro atoms. The monoisotopic (exact) mass is 381 g/mol. The molecule has 0 fully saturated rings. The lowest BCUT2D eigenvalue weighted by atomic mass is 9.94. The van der Waals surface area contributed by atoms with Crippen molar-refractivity contribution < 1.29 is 9.84 Å². The van der Waals surface area contributed by atoms with Crippen LogP contribution in [0.25, 0.3) is 10.4 Å². The molecule has 0 radical (unpaired) electrons. The molecule has 0 aliphatic rings. The number of methoxy groups -OCH3 is 1. The molecule has 2 aromatic carbocycles. The molecule has 3 rings (SSSR count). The van der Waals surface area contributed by atoms with Crippen LogP contribution in [-0.2, 0) is 6.42 Å². The second kappa shape index (κ2) is 8.57. The molecule has 1 N–H and O–H groups in total. The van der Waals surface area contributed by atoms with Gasteiger partial charge in [-0.15, -0.1) is 11.3 Å². The highest BCUT2D eigenvalue weighted by Gasteiger charge is 2.20. The standard InChI is InChI=1S/C23H27NO2S/c1-5-20(17-8-6-16(7-9-17)14-15(2)3)23-24-22(25)21(27-23)18-10-12-19(26-4)13-11-18/h6-13,15,20,25H,5,14H2,1-4H3. The average molecular weight is 382 g/mol. The summed E-state index contributed by atoms with van der Waals surface area (Å²) in [5.74, 6) is 1.76. The zero-order valence-electron chi connectivity index (χ0n) is 16.4. The third-order valence-corrected chi connectivity index (χ3v) is 5.92. The topological polar surface area (TPSA) is 42.4 Å². The van der Waals surface area contributed by atoms with E-state index in [1.807, 2.05) is 24.3 Å². The summed E-state index contributed by atoms with van der Waals surface area (Å²) in [7, 11) is 1.65. The average Bonchev–Trinajstić information content (AvgIpc) is 3.04. The summed E-state index contributed by atoms with van der Waals surface area (Å²) in [4.78, 5) is 5.30. The first-order valence-electron chi connectivity index (χ1n) is 9.44. The first-order chi connectivity index (χ1) is 13.0. The van der Waals surface area contributed by atoms with Crippen LogP contribution in [0.2, 0.25) is 0 Å². The second-order valence-corrected chi connectivity index (χ2v) is 8.26. The van der Waals surface area contributed by atoms with Crippen LogP contribution in [0.5, 0.6) is 11.6 Å². The summed E-state index contributed by atoms with van der Waals surface area (Å²) < 4.78 is 5.21. The van der Waals surface area contributed by atoms with E-state index < -0.39 is 0 Å². The number of aromatic nitrogens is 1. The van der Waals surface area contributed by atoms with Gasteiger partial charge in [0, 0.05) is 5.92 Å². The number of ether oxygens (including phenoxy) is 1. The van der Waals surface area contributed by atoms with Crippen LogP contribution in [0.4, 0.5) is 0 Å². The normalized spacial score (nSPS) is 12.3. The highest BCUT2D eigenvalue weighted by molar-refractivity contribution is 7.15. The Balaban J connectivity index is 1.87. The van der Waals surface area contributed by atoms with Gasteiger partial charge in [-0.05, 0) is 59.7 Å². The van der Waals surface area contributed by atoms with Crippen LogP contribution in [-0.4, -0.2) is 17.2 Å². The molecule has 0 aliphatic carbocycles. The van der Waals surface area contributed by atoms with Crippen molar-refractivity contribution in [2.45, 2.75) is 39.5 Å². The van der Waals surface area contributed by atoms with Gasteiger partial charge >= 0.3 is 0 Å². The Morgan fingerprint density at radius 3 is 2.26 bits per heavy atom. The predicted octanol–water partition coefficient (Wildman–Crippen LogP) is 6.26. The summed E-state index contributed by atoms with van der Waals surface area (Å²) >= 11 is 1.57. The highest BCUT2D eigenvalue weighted by Crippen LogP contribution is 2.41. The maximum atomic E-state index is 10.4. The number of hydrogen-bond donors (Lipinski definition) is 1. The third kappa shape index (κ3) is 4.51. The molecule has 3 aromatic rings. The van der Waals surface area contributed by atoms with Crippen molar-refractivity contribution in [1.29, 1.82) is 0 Å². The van der Waals surface area contributed by atoms with Gasteiger partial charge in [0.2, 0.25) is 5.88 Å². The Morgan fingerprint density at radius 2 is 1.70 bits per heavy atom. The molecule has 142 valence electrons. The van der Waals surface area contributed by atoms with Gasteiger partial charge < -0.3 is 9.84 Å². The van der Waals surface area contributed by atoms with Crippen molar-refractivity contribution in [3.63, 3.8) is 0 Å². The Labute approximate surface area is 165 Å². The summed E-state index contributed by atoms with van der Waals surface area (Å²) in [5.41, 5.74) is 3.57. The molecular formula is C23H27NO2S. The van der Waals surface area contributed by atoms with Crippen LogP contribution in [0.15, 0.2) is 48.5 Å². The molecule has 4 heteroatoms. The summed E-state index contributed by atoms with van der Waals surface area (Å²) in [5, 5.41) is 11.4. The lowest BCUT2D eigenvalue weighted by molar-refractivity contribution is 0.415. The van der Waals surface area contributed by atoms with E-state index >= 15 is 0 Å². The quantitative estimate of drug-likeness (QED) is 0.525. The minimum Gasteiger partial charge on any atom is -0.497 e. The fourth-order valence-corrected chi connectivity index (χ4v) is 4.50. The second-order valence-electron chi connectivity index (χ2n) is 7.23. The van der Waals surface area contributed by atoms with Crippen molar-refractivity contribution in [2.75, 3.05) is 7.11 Å². The molecule has 0 amide bonds. The first-order valence-corrected chi connectivity index (χ1v) is 10.3. The summed E-state index contributed by atoms with van der Waals surface area (Å²) in [6.07, 6.45) is 2.04. The number of benzene rings is 2. The molecular weight excluding hydrogens is 354 g/mol. The molecule has 1 atom stereocenters. The van der Waals surface area contributed by atoms with E-state index in [4.69, 9.17) is 4.74 Å². The van der Waals surface area contributed by atoms with Gasteiger partial charge in [0.25, 0.3) is 0 Å². The van der Waals surface area contributed by atoms with E-state index in [2.05, 4.69) is 50.0 Å². The number of rotatable bonds is 7. The van der Waals surface area contributed by atoms with Gasteiger partial charge in [0.15, 0.2) is 0 Å². The smallest absolute Gasteiger partial charge is 0.230 e. The van der Waals surface area contributed by atoms with Crippen molar-refractivity contribution in [3.8, 4) is 22.1 Å². The third-order valence-electron chi connectivity index (χ3n) is 4.71. The first kappa shape index (κ1) is 19.4. The van der Waals surface area contributed by atoms with Crippen LogP contribution < -0.4 is 4.74 Å². The lowest BCUT2D eigenvalue weighted by Crippen LogP contribution is -2.00. The Bertz CT molecular complexity index is 866. The van der Waals surface area contributed by atoms with Gasteiger partial charge in [-0.3, -0.25) is 0 Å². The van der Waals surface area contributed by atoms with Gasteiger partial charge in [0.1, 0.15) is 10.8 Å². The van der Waals surface area contributed by atoms with E-state index in [9.17, 15) is 5.11 Å². The molecule has 1 aromatic heterocycles. The van der Waals surface area contributed by atoms with Crippen LogP contribution in [0.1, 0.15) is 49.2 Å². The Kier molecular flexibility index (Phi) is 6.17. The van der Waals surface area contributed by atoms with Gasteiger partial charge in [-0.25, -0.2) is 4.98 Å². The van der Waals surface area contributed by atoms with Gasteiger partial charge in [-0.1, -0.05) is 45.0 Å². The van der Waals surface area contributed by atoms with Crippen molar-refractivity contribution in [2.24, 2.45) is 5.92 Å². The largest absolute Gasteiger partial charge is 0.497 e. The van der Waals surface area contributed by atoms with E-state index in [0.717, 1.165) is 34.0 Å². The molecule has 3 nitrogen and oxygen atoms in total. The maximum Gasteiger partial charge on any atom is 0.230 e. The fraction of sp³-hybridized carbons (Fsp3) is 0.348. The van der Waals surface area contributed by atoms with E-state index in [1.54, 1.807) is 18.4 Å². The number of hydrogen-bond acceptors (Lipinski definition) is 4. The minimum absolute atomic E-state index is 0.107. The van der Waals surface area contributed by atoms with Crippen LogP contribution in [0, 0.1) is 5.92 Å². The van der Waals surface area contributed by atoms with Crippen molar-refractivity contribution >= 4 is 11.3 Å². The molecule has 0 bridgehead atoms. The molecule has 0 saturated heterocycles. The van der Waals surface area contributed by atoms with Crippen molar-refractivity contribution in [1.82, 2.24) is 4.98 Å². The van der Waals surface area contributed by atoms with E-state index in [0.29, 0.717) is 5.92 Å². The van der Waals surface area contributed by atoms with Crippen LogP contribution >= 0.6 is 11.3 Å². The van der Waals surface area contributed by atoms with Gasteiger partial charge in [-0.2, -0.15) is 0 Å². The Hall–Kier alpha value is -2.33. The number of nitrogens with zero attached hydrogens (tertiary/aromatic N) is 1. The molecule has 0 saturated carbocycles. The fourth-order valence-electron chi connectivity index (χ4n) is 3.32. The van der Waals surface area contributed by atoms with E-state index in [1.165, 1.54) is 11.1 Å².